The van der Waals surface area contributed by atoms with Crippen LogP contribution < -0.4 is 5.73 Å². The molecule has 0 aromatic carbocycles. The van der Waals surface area contributed by atoms with Gasteiger partial charge in [0.2, 0.25) is 0 Å². The highest BCUT2D eigenvalue weighted by Crippen LogP contribution is 2.21. The van der Waals surface area contributed by atoms with Crippen molar-refractivity contribution in [2.24, 2.45) is 5.73 Å². The molecule has 12 heavy (non-hydrogen) atoms. The lowest BCUT2D eigenvalue weighted by atomic mass is 9.95. The average Bonchev–Trinajstić information content (AvgIpc) is 2.50. The molecule has 1 aromatic rings. The Labute approximate surface area is 72.4 Å². The van der Waals surface area contributed by atoms with Gasteiger partial charge in [-0.3, -0.25) is 5.10 Å². The Morgan fingerprint density at radius 1 is 1.33 bits per heavy atom. The summed E-state index contributed by atoms with van der Waals surface area (Å²) in [6.45, 7) is 0.706. The fourth-order valence-corrected chi connectivity index (χ4v) is 1.89. The van der Waals surface area contributed by atoms with E-state index < -0.39 is 0 Å². The zero-order chi connectivity index (χ0) is 8.39. The van der Waals surface area contributed by atoms with Crippen molar-refractivity contribution in [2.75, 3.05) is 6.54 Å². The van der Waals surface area contributed by atoms with Gasteiger partial charge in [0.05, 0.1) is 5.69 Å². The third-order valence-corrected chi connectivity index (χ3v) is 2.52. The van der Waals surface area contributed by atoms with Crippen molar-refractivity contribution >= 4 is 0 Å². The molecule has 0 unspecified atom stereocenters. The molecule has 0 bridgehead atoms. The van der Waals surface area contributed by atoms with E-state index in [1.807, 2.05) is 0 Å². The predicted molar refractivity (Wildman–Crippen MR) is 48.0 cm³/mol. The van der Waals surface area contributed by atoms with Crippen LogP contribution in [0.5, 0.6) is 0 Å². The molecule has 1 heterocycles. The maximum absolute atomic E-state index is 5.50. The smallest absolute Gasteiger partial charge is 0.0669 e. The molecule has 0 saturated carbocycles. The lowest BCUT2D eigenvalue weighted by molar-refractivity contribution is 0.672. The Bertz CT molecular complexity index is 265. The van der Waals surface area contributed by atoms with E-state index >= 15 is 0 Å². The minimum absolute atomic E-state index is 0.706. The molecule has 2 rings (SSSR count). The SMILES string of the molecule is NCCc1n[nH]c2c1CCCC2. The number of hydrogen-bond donors (Lipinski definition) is 2. The first kappa shape index (κ1) is 7.80. The van der Waals surface area contributed by atoms with E-state index in [0.717, 1.165) is 6.42 Å². The summed E-state index contributed by atoms with van der Waals surface area (Å²) < 4.78 is 0. The molecule has 0 atom stereocenters. The Hall–Kier alpha value is -0.830. The third kappa shape index (κ3) is 1.25. The van der Waals surface area contributed by atoms with Gasteiger partial charge < -0.3 is 5.73 Å². The number of aromatic amines is 1. The van der Waals surface area contributed by atoms with Crippen LogP contribution in [0.4, 0.5) is 0 Å². The van der Waals surface area contributed by atoms with E-state index in [-0.39, 0.29) is 0 Å². The van der Waals surface area contributed by atoms with Crippen molar-refractivity contribution in [3.8, 4) is 0 Å². The van der Waals surface area contributed by atoms with Gasteiger partial charge in [-0.1, -0.05) is 0 Å². The van der Waals surface area contributed by atoms with Crippen LogP contribution in [0.25, 0.3) is 0 Å². The number of fused-ring (bicyclic) bond motifs is 1. The summed E-state index contributed by atoms with van der Waals surface area (Å²) in [5.41, 5.74) is 9.50. The van der Waals surface area contributed by atoms with Crippen LogP contribution in [0.2, 0.25) is 0 Å². The van der Waals surface area contributed by atoms with Gasteiger partial charge >= 0.3 is 0 Å². The average molecular weight is 165 g/mol. The number of rotatable bonds is 2. The van der Waals surface area contributed by atoms with Gasteiger partial charge in [0.1, 0.15) is 0 Å². The van der Waals surface area contributed by atoms with Gasteiger partial charge in [-0.05, 0) is 37.8 Å². The van der Waals surface area contributed by atoms with Crippen molar-refractivity contribution in [3.63, 3.8) is 0 Å². The first-order chi connectivity index (χ1) is 5.92. The van der Waals surface area contributed by atoms with Gasteiger partial charge in [0.25, 0.3) is 0 Å². The number of nitrogens with one attached hydrogen (secondary N) is 1. The predicted octanol–water partition coefficient (Wildman–Crippen LogP) is 0.790. The minimum atomic E-state index is 0.706. The molecule has 0 amide bonds. The normalized spacial score (nSPS) is 16.1. The van der Waals surface area contributed by atoms with Crippen molar-refractivity contribution in [1.82, 2.24) is 10.2 Å². The van der Waals surface area contributed by atoms with E-state index in [2.05, 4.69) is 10.2 Å². The topological polar surface area (TPSA) is 54.7 Å². The monoisotopic (exact) mass is 165 g/mol. The molecule has 0 saturated heterocycles. The summed E-state index contributed by atoms with van der Waals surface area (Å²) in [5, 5.41) is 7.39. The number of aryl methyl sites for hydroxylation is 1. The molecule has 1 aromatic heterocycles. The maximum atomic E-state index is 5.50. The van der Waals surface area contributed by atoms with Crippen LogP contribution in [-0.2, 0) is 19.3 Å². The zero-order valence-electron chi connectivity index (χ0n) is 7.27. The number of aromatic nitrogens is 2. The van der Waals surface area contributed by atoms with Gasteiger partial charge in [0, 0.05) is 12.1 Å². The molecule has 1 aliphatic rings. The van der Waals surface area contributed by atoms with Gasteiger partial charge in [-0.25, -0.2) is 0 Å². The molecular weight excluding hydrogens is 150 g/mol. The largest absolute Gasteiger partial charge is 0.330 e. The van der Waals surface area contributed by atoms with Gasteiger partial charge in [0.15, 0.2) is 0 Å². The first-order valence-corrected chi connectivity index (χ1v) is 4.67. The van der Waals surface area contributed by atoms with Gasteiger partial charge in [-0.15, -0.1) is 0 Å². The molecule has 0 spiro atoms. The van der Waals surface area contributed by atoms with Crippen LogP contribution in [0, 0.1) is 0 Å². The summed E-state index contributed by atoms with van der Waals surface area (Å²) in [7, 11) is 0. The van der Waals surface area contributed by atoms with Crippen molar-refractivity contribution in [1.29, 1.82) is 0 Å². The van der Waals surface area contributed by atoms with Crippen molar-refractivity contribution in [3.05, 3.63) is 17.0 Å². The second kappa shape index (κ2) is 3.27. The van der Waals surface area contributed by atoms with E-state index in [4.69, 9.17) is 5.73 Å². The second-order valence-electron chi connectivity index (χ2n) is 3.37. The first-order valence-electron chi connectivity index (χ1n) is 4.67. The molecule has 3 nitrogen and oxygen atoms in total. The van der Waals surface area contributed by atoms with Gasteiger partial charge in [-0.2, -0.15) is 5.10 Å². The highest BCUT2D eigenvalue weighted by molar-refractivity contribution is 5.27. The van der Waals surface area contributed by atoms with Crippen LogP contribution in [0.15, 0.2) is 0 Å². The molecule has 3 N–H and O–H groups in total. The van der Waals surface area contributed by atoms with E-state index in [9.17, 15) is 0 Å². The third-order valence-electron chi connectivity index (χ3n) is 2.52. The van der Waals surface area contributed by atoms with E-state index in [1.54, 1.807) is 0 Å². The Morgan fingerprint density at radius 2 is 2.17 bits per heavy atom. The molecular formula is C9H15N3. The Morgan fingerprint density at radius 3 is 3.00 bits per heavy atom. The maximum Gasteiger partial charge on any atom is 0.0669 e. The fraction of sp³-hybridized carbons (Fsp3) is 0.667. The van der Waals surface area contributed by atoms with E-state index in [0.29, 0.717) is 6.54 Å². The lowest BCUT2D eigenvalue weighted by Gasteiger charge is -2.10. The summed E-state index contributed by atoms with van der Waals surface area (Å²) in [4.78, 5) is 0. The molecule has 3 heteroatoms. The molecule has 1 aliphatic carbocycles. The molecule has 0 radical (unpaired) electrons. The van der Waals surface area contributed by atoms with Crippen LogP contribution in [0.1, 0.15) is 29.8 Å². The Kier molecular flexibility index (Phi) is 2.13. The summed E-state index contributed by atoms with van der Waals surface area (Å²) >= 11 is 0. The number of nitrogens with zero attached hydrogens (tertiary/aromatic N) is 1. The molecule has 66 valence electrons. The number of H-pyrrole nitrogens is 1. The van der Waals surface area contributed by atoms with Crippen molar-refractivity contribution in [2.45, 2.75) is 32.1 Å². The summed E-state index contributed by atoms with van der Waals surface area (Å²) in [6.07, 6.45) is 5.90. The summed E-state index contributed by atoms with van der Waals surface area (Å²) in [5.74, 6) is 0. The molecule has 0 aliphatic heterocycles. The Balaban J connectivity index is 2.25. The highest BCUT2D eigenvalue weighted by atomic mass is 15.1. The number of hydrogen-bond acceptors (Lipinski definition) is 2. The van der Waals surface area contributed by atoms with Crippen LogP contribution in [0.3, 0.4) is 0 Å². The van der Waals surface area contributed by atoms with Crippen LogP contribution >= 0.6 is 0 Å². The minimum Gasteiger partial charge on any atom is -0.330 e. The fourth-order valence-electron chi connectivity index (χ4n) is 1.89. The second-order valence-corrected chi connectivity index (χ2v) is 3.37. The molecule has 0 fully saturated rings. The highest BCUT2D eigenvalue weighted by Gasteiger charge is 2.15. The standard InChI is InChI=1S/C9H15N3/c10-6-5-9-7-3-1-2-4-8(7)11-12-9/h1-6,10H2,(H,11,12). The van der Waals surface area contributed by atoms with Crippen LogP contribution in [-0.4, -0.2) is 16.7 Å². The quantitative estimate of drug-likeness (QED) is 0.680. The van der Waals surface area contributed by atoms with Crippen molar-refractivity contribution < 1.29 is 0 Å². The van der Waals surface area contributed by atoms with E-state index in [1.165, 1.54) is 42.6 Å². The number of nitrogens with two attached hydrogens (primary N) is 1. The summed E-state index contributed by atoms with van der Waals surface area (Å²) in [6, 6.07) is 0. The zero-order valence-corrected chi connectivity index (χ0v) is 7.27. The lowest BCUT2D eigenvalue weighted by Crippen LogP contribution is -2.07.